The smallest absolute Gasteiger partial charge is 0.326 e. The Balaban J connectivity index is 2.72. The monoisotopic (exact) mass is 215 g/mol. The molecule has 0 aliphatic carbocycles. The highest BCUT2D eigenvalue weighted by Crippen LogP contribution is 2.19. The zero-order valence-corrected chi connectivity index (χ0v) is 9.01. The summed E-state index contributed by atoms with van der Waals surface area (Å²) in [5.41, 5.74) is 0. The number of likely N-dealkylation sites (tertiary alicyclic amines) is 1. The van der Waals surface area contributed by atoms with Crippen LogP contribution in [-0.4, -0.2) is 45.7 Å². The lowest BCUT2D eigenvalue weighted by atomic mass is 10.0. The first-order chi connectivity index (χ1) is 6.93. The van der Waals surface area contributed by atoms with Crippen LogP contribution >= 0.6 is 0 Å². The predicted molar refractivity (Wildman–Crippen MR) is 53.2 cm³/mol. The summed E-state index contributed by atoms with van der Waals surface area (Å²) in [6, 6.07) is -0.797. The van der Waals surface area contributed by atoms with E-state index in [1.165, 1.54) is 4.90 Å². The second-order valence-corrected chi connectivity index (χ2v) is 4.32. The second kappa shape index (κ2) is 4.61. The van der Waals surface area contributed by atoms with Crippen LogP contribution in [0, 0.1) is 5.92 Å². The first-order valence-corrected chi connectivity index (χ1v) is 5.14. The maximum absolute atomic E-state index is 11.4. The molecule has 0 aromatic heterocycles. The van der Waals surface area contributed by atoms with Gasteiger partial charge in [0.05, 0.1) is 0 Å². The van der Waals surface area contributed by atoms with Crippen LogP contribution in [0.25, 0.3) is 0 Å². The zero-order valence-electron chi connectivity index (χ0n) is 9.01. The summed E-state index contributed by atoms with van der Waals surface area (Å²) >= 11 is 0. The molecule has 86 valence electrons. The number of carbonyl (C=O) groups excluding carboxylic acids is 1. The third kappa shape index (κ3) is 2.68. The van der Waals surface area contributed by atoms with Gasteiger partial charge in [-0.2, -0.15) is 0 Å². The van der Waals surface area contributed by atoms with Gasteiger partial charge >= 0.3 is 5.97 Å². The third-order valence-electron chi connectivity index (χ3n) is 2.57. The van der Waals surface area contributed by atoms with Crippen LogP contribution < -0.4 is 0 Å². The molecule has 1 aliphatic rings. The van der Waals surface area contributed by atoms with Gasteiger partial charge in [-0.3, -0.25) is 4.79 Å². The number of aliphatic hydroxyl groups excluding tert-OH is 1. The van der Waals surface area contributed by atoms with Crippen molar-refractivity contribution < 1.29 is 19.8 Å². The molecule has 0 aromatic rings. The van der Waals surface area contributed by atoms with Gasteiger partial charge in [0, 0.05) is 6.54 Å². The van der Waals surface area contributed by atoms with Gasteiger partial charge in [-0.1, -0.05) is 13.8 Å². The molecule has 2 N–H and O–H groups in total. The van der Waals surface area contributed by atoms with E-state index in [0.717, 1.165) is 0 Å². The van der Waals surface area contributed by atoms with Gasteiger partial charge in [-0.25, -0.2) is 4.79 Å². The molecule has 5 nitrogen and oxygen atoms in total. The normalized spacial score (nSPS) is 23.6. The molecule has 1 fully saturated rings. The quantitative estimate of drug-likeness (QED) is 0.696. The van der Waals surface area contributed by atoms with Crippen LogP contribution in [0.5, 0.6) is 0 Å². The molecule has 5 heteroatoms. The average molecular weight is 215 g/mol. The molecular formula is C10H17NO4. The lowest BCUT2D eigenvalue weighted by Crippen LogP contribution is -2.44. The highest BCUT2D eigenvalue weighted by molar-refractivity contribution is 5.87. The first kappa shape index (κ1) is 12.0. The summed E-state index contributed by atoms with van der Waals surface area (Å²) in [7, 11) is 0. The van der Waals surface area contributed by atoms with E-state index in [1.807, 2.05) is 13.8 Å². The molecule has 15 heavy (non-hydrogen) atoms. The van der Waals surface area contributed by atoms with Crippen molar-refractivity contribution in [1.82, 2.24) is 4.90 Å². The van der Waals surface area contributed by atoms with E-state index in [-0.39, 0.29) is 5.92 Å². The Hall–Kier alpha value is -1.10. The lowest BCUT2D eigenvalue weighted by Gasteiger charge is -2.25. The van der Waals surface area contributed by atoms with Crippen LogP contribution in [0.3, 0.4) is 0 Å². The Morgan fingerprint density at radius 2 is 2.20 bits per heavy atom. The van der Waals surface area contributed by atoms with E-state index in [4.69, 9.17) is 5.11 Å². The summed E-state index contributed by atoms with van der Waals surface area (Å²) in [6.07, 6.45) is -0.256. The van der Waals surface area contributed by atoms with Crippen LogP contribution in [0.4, 0.5) is 0 Å². The van der Waals surface area contributed by atoms with Crippen LogP contribution in [0.2, 0.25) is 0 Å². The molecule has 0 unspecified atom stereocenters. The minimum absolute atomic E-state index is 0.205. The van der Waals surface area contributed by atoms with E-state index in [1.54, 1.807) is 0 Å². The Morgan fingerprint density at radius 1 is 1.60 bits per heavy atom. The summed E-state index contributed by atoms with van der Waals surface area (Å²) in [5, 5.41) is 18.3. The maximum atomic E-state index is 11.4. The van der Waals surface area contributed by atoms with E-state index < -0.39 is 24.0 Å². The van der Waals surface area contributed by atoms with Gasteiger partial charge in [-0.15, -0.1) is 0 Å². The van der Waals surface area contributed by atoms with Crippen LogP contribution in [-0.2, 0) is 9.59 Å². The molecule has 1 rings (SSSR count). The van der Waals surface area contributed by atoms with Gasteiger partial charge in [0.25, 0.3) is 5.91 Å². The number of rotatable bonds is 4. The van der Waals surface area contributed by atoms with Crippen molar-refractivity contribution in [3.63, 3.8) is 0 Å². The van der Waals surface area contributed by atoms with Crippen LogP contribution in [0.1, 0.15) is 26.7 Å². The molecule has 2 atom stereocenters. The second-order valence-electron chi connectivity index (χ2n) is 4.32. The Labute approximate surface area is 88.7 Å². The van der Waals surface area contributed by atoms with Crippen molar-refractivity contribution in [2.24, 2.45) is 5.92 Å². The lowest BCUT2D eigenvalue weighted by molar-refractivity contribution is -0.150. The number of hydrogen-bond donors (Lipinski definition) is 2. The zero-order chi connectivity index (χ0) is 11.6. The van der Waals surface area contributed by atoms with Crippen molar-refractivity contribution in [2.45, 2.75) is 38.8 Å². The fourth-order valence-electron chi connectivity index (χ4n) is 1.80. The standard InChI is InChI=1S/C10H17NO4/c1-6(2)5-7(10(14)15)11-4-3-8(12)9(11)13/h6-8,12H,3-5H2,1-2H3,(H,14,15)/t7-,8+/m0/s1. The number of aliphatic carboxylic acids is 1. The highest BCUT2D eigenvalue weighted by Gasteiger charge is 2.37. The van der Waals surface area contributed by atoms with Gasteiger partial charge in [0.1, 0.15) is 12.1 Å². The minimum Gasteiger partial charge on any atom is -0.480 e. The number of carbonyl (C=O) groups is 2. The highest BCUT2D eigenvalue weighted by atomic mass is 16.4. The molecule has 0 bridgehead atoms. The molecule has 1 aliphatic heterocycles. The van der Waals surface area contributed by atoms with Crippen molar-refractivity contribution in [2.75, 3.05) is 6.54 Å². The Bertz CT molecular complexity index is 264. The van der Waals surface area contributed by atoms with Crippen molar-refractivity contribution in [3.8, 4) is 0 Å². The van der Waals surface area contributed by atoms with Crippen molar-refractivity contribution in [3.05, 3.63) is 0 Å². The molecule has 1 saturated heterocycles. The molecule has 1 amide bonds. The summed E-state index contributed by atoms with van der Waals surface area (Å²) in [4.78, 5) is 23.7. The molecule has 0 spiro atoms. The minimum atomic E-state index is -1.01. The predicted octanol–water partition coefficient (Wildman–Crippen LogP) is 0.0789. The Kier molecular flexibility index (Phi) is 3.68. The summed E-state index contributed by atoms with van der Waals surface area (Å²) in [6.45, 7) is 4.16. The summed E-state index contributed by atoms with van der Waals surface area (Å²) in [5.74, 6) is -1.24. The molecule has 0 aromatic carbocycles. The number of hydrogen-bond acceptors (Lipinski definition) is 3. The van der Waals surface area contributed by atoms with Crippen molar-refractivity contribution >= 4 is 11.9 Å². The van der Waals surface area contributed by atoms with E-state index in [0.29, 0.717) is 19.4 Å². The SMILES string of the molecule is CC(C)C[C@@H](C(=O)O)N1CC[C@@H](O)C1=O. The van der Waals surface area contributed by atoms with E-state index >= 15 is 0 Å². The van der Waals surface area contributed by atoms with E-state index in [9.17, 15) is 14.7 Å². The largest absolute Gasteiger partial charge is 0.480 e. The molecule has 1 heterocycles. The molecule has 0 saturated carbocycles. The number of aliphatic hydroxyl groups is 1. The number of carboxylic acid groups (broad SMARTS) is 1. The fourth-order valence-corrected chi connectivity index (χ4v) is 1.80. The number of amides is 1. The number of nitrogens with zero attached hydrogens (tertiary/aromatic N) is 1. The topological polar surface area (TPSA) is 77.8 Å². The van der Waals surface area contributed by atoms with Crippen molar-refractivity contribution in [1.29, 1.82) is 0 Å². The van der Waals surface area contributed by atoms with Crippen LogP contribution in [0.15, 0.2) is 0 Å². The van der Waals surface area contributed by atoms with Gasteiger partial charge in [-0.05, 0) is 18.8 Å². The number of carboxylic acids is 1. The van der Waals surface area contributed by atoms with E-state index in [2.05, 4.69) is 0 Å². The van der Waals surface area contributed by atoms with Gasteiger partial charge in [0.2, 0.25) is 0 Å². The van der Waals surface area contributed by atoms with Gasteiger partial charge < -0.3 is 15.1 Å². The fraction of sp³-hybridized carbons (Fsp3) is 0.800. The Morgan fingerprint density at radius 3 is 2.53 bits per heavy atom. The maximum Gasteiger partial charge on any atom is 0.326 e. The third-order valence-corrected chi connectivity index (χ3v) is 2.57. The molecular weight excluding hydrogens is 198 g/mol. The summed E-state index contributed by atoms with van der Waals surface area (Å²) < 4.78 is 0. The molecule has 0 radical (unpaired) electrons. The van der Waals surface area contributed by atoms with Gasteiger partial charge in [0.15, 0.2) is 0 Å². The first-order valence-electron chi connectivity index (χ1n) is 5.14. The average Bonchev–Trinajstić information content (AvgIpc) is 2.44.